The van der Waals surface area contributed by atoms with Gasteiger partial charge in [-0.1, -0.05) is 62.7 Å². The minimum absolute atomic E-state index is 0.146. The number of nitrogens with zero attached hydrogens (tertiary/aromatic N) is 1. The van der Waals surface area contributed by atoms with Gasteiger partial charge in [0.05, 0.1) is 12.2 Å². The second-order valence-corrected chi connectivity index (χ2v) is 8.53. The van der Waals surface area contributed by atoms with Crippen molar-refractivity contribution in [2.24, 2.45) is 5.92 Å². The molecule has 1 unspecified atom stereocenters. The zero-order valence-electron chi connectivity index (χ0n) is 18.0. The van der Waals surface area contributed by atoms with Gasteiger partial charge in [0.2, 0.25) is 0 Å². The Morgan fingerprint density at radius 2 is 1.93 bits per heavy atom. The predicted octanol–water partition coefficient (Wildman–Crippen LogP) is 4.09. The molecule has 0 saturated carbocycles. The number of rotatable bonds is 8. The van der Waals surface area contributed by atoms with Crippen LogP contribution in [0.2, 0.25) is 0 Å². The average Bonchev–Trinajstić information content (AvgIpc) is 3.31. The number of fused-ring (bicyclic) bond motifs is 2. The number of ketones is 1. The van der Waals surface area contributed by atoms with Crippen LogP contribution < -0.4 is 0 Å². The number of ether oxygens (including phenoxy) is 1. The lowest BCUT2D eigenvalue weighted by molar-refractivity contribution is -0.112. The summed E-state index contributed by atoms with van der Waals surface area (Å²) in [5.74, 6) is 1.52. The molecule has 0 aromatic heterocycles. The van der Waals surface area contributed by atoms with Crippen LogP contribution in [0.15, 0.2) is 42.5 Å². The number of aliphatic hydroxyl groups is 1. The molecule has 1 heterocycles. The van der Waals surface area contributed by atoms with Gasteiger partial charge in [-0.15, -0.1) is 0 Å². The van der Waals surface area contributed by atoms with E-state index in [-0.39, 0.29) is 12.4 Å². The Kier molecular flexibility index (Phi) is 6.35. The van der Waals surface area contributed by atoms with Gasteiger partial charge in [0.15, 0.2) is 5.78 Å². The molecular formula is C26H31NO3. The Balaban J connectivity index is 1.53. The van der Waals surface area contributed by atoms with Crippen molar-refractivity contribution in [2.45, 2.75) is 39.7 Å². The Bertz CT molecular complexity index is 963. The Hall–Kier alpha value is -2.43. The molecule has 4 rings (SSSR count). The SMILES string of the molecule is CCC(C)CN(CCO)CCc1ccc2c(c1)CO/C2=C1/C(=O)Cc2ccccc21. The van der Waals surface area contributed by atoms with E-state index in [1.54, 1.807) is 0 Å². The third kappa shape index (κ3) is 4.21. The van der Waals surface area contributed by atoms with Crippen molar-refractivity contribution in [1.29, 1.82) is 0 Å². The van der Waals surface area contributed by atoms with Gasteiger partial charge in [-0.05, 0) is 29.0 Å². The maximum atomic E-state index is 12.7. The van der Waals surface area contributed by atoms with Crippen molar-refractivity contribution >= 4 is 17.1 Å². The molecule has 30 heavy (non-hydrogen) atoms. The monoisotopic (exact) mass is 405 g/mol. The smallest absolute Gasteiger partial charge is 0.171 e. The average molecular weight is 406 g/mol. The van der Waals surface area contributed by atoms with E-state index >= 15 is 0 Å². The fourth-order valence-corrected chi connectivity index (χ4v) is 4.45. The Morgan fingerprint density at radius 3 is 2.73 bits per heavy atom. The van der Waals surface area contributed by atoms with Gasteiger partial charge in [-0.3, -0.25) is 4.79 Å². The van der Waals surface area contributed by atoms with Crippen molar-refractivity contribution in [1.82, 2.24) is 4.90 Å². The van der Waals surface area contributed by atoms with Crippen LogP contribution in [-0.4, -0.2) is 42.0 Å². The molecule has 2 aliphatic rings. The highest BCUT2D eigenvalue weighted by Crippen LogP contribution is 2.40. The van der Waals surface area contributed by atoms with Crippen LogP contribution in [0.5, 0.6) is 0 Å². The molecule has 0 saturated heterocycles. The molecule has 0 fully saturated rings. The van der Waals surface area contributed by atoms with Crippen LogP contribution in [0.25, 0.3) is 11.3 Å². The summed E-state index contributed by atoms with van der Waals surface area (Å²) in [6.45, 7) is 7.85. The molecule has 1 N–H and O–H groups in total. The molecule has 4 heteroatoms. The zero-order chi connectivity index (χ0) is 21.1. The first kappa shape index (κ1) is 20.8. The maximum Gasteiger partial charge on any atom is 0.171 e. The standard InChI is InChI=1S/C26H31NO3/c1-3-18(2)16-27(12-13-28)11-10-19-8-9-23-21(14-19)17-30-26(23)25-22-7-5-4-6-20(22)15-24(25)29/h4-9,14,18,28H,3,10-13,15-17H2,1-2H3/b26-25+. The summed E-state index contributed by atoms with van der Waals surface area (Å²) in [5, 5.41) is 9.38. The number of carbonyl (C=O) groups is 1. The summed E-state index contributed by atoms with van der Waals surface area (Å²) < 4.78 is 6.04. The van der Waals surface area contributed by atoms with Gasteiger partial charge >= 0.3 is 0 Å². The van der Waals surface area contributed by atoms with Gasteiger partial charge < -0.3 is 14.7 Å². The molecule has 2 aromatic carbocycles. The van der Waals surface area contributed by atoms with Crippen LogP contribution in [-0.2, 0) is 29.0 Å². The summed E-state index contributed by atoms with van der Waals surface area (Å²) in [7, 11) is 0. The summed E-state index contributed by atoms with van der Waals surface area (Å²) >= 11 is 0. The van der Waals surface area contributed by atoms with Gasteiger partial charge in [0, 0.05) is 37.2 Å². The van der Waals surface area contributed by atoms with Crippen LogP contribution in [0.4, 0.5) is 0 Å². The predicted molar refractivity (Wildman–Crippen MR) is 120 cm³/mol. The quantitative estimate of drug-likeness (QED) is 0.672. The highest BCUT2D eigenvalue weighted by atomic mass is 16.5. The Labute approximate surface area is 179 Å². The van der Waals surface area contributed by atoms with E-state index in [0.717, 1.165) is 66.1 Å². The molecule has 1 aliphatic heterocycles. The molecule has 1 atom stereocenters. The largest absolute Gasteiger partial charge is 0.487 e. The number of hydrogen-bond acceptors (Lipinski definition) is 4. The van der Waals surface area contributed by atoms with Gasteiger partial charge in [-0.2, -0.15) is 0 Å². The number of allylic oxidation sites excluding steroid dienone is 1. The van der Waals surface area contributed by atoms with Crippen molar-refractivity contribution in [3.05, 3.63) is 70.3 Å². The molecule has 2 aromatic rings. The molecule has 0 amide bonds. The number of Topliss-reactive ketones (excluding diaryl/α,β-unsaturated/α-hetero) is 1. The minimum atomic E-state index is 0.146. The van der Waals surface area contributed by atoms with Crippen LogP contribution in [0, 0.1) is 5.92 Å². The first-order valence-corrected chi connectivity index (χ1v) is 11.0. The first-order valence-electron chi connectivity index (χ1n) is 11.0. The van der Waals surface area contributed by atoms with E-state index in [4.69, 9.17) is 4.74 Å². The lowest BCUT2D eigenvalue weighted by Gasteiger charge is -2.24. The molecule has 158 valence electrons. The van der Waals surface area contributed by atoms with Gasteiger partial charge in [-0.25, -0.2) is 0 Å². The van der Waals surface area contributed by atoms with Gasteiger partial charge in [0.1, 0.15) is 12.4 Å². The van der Waals surface area contributed by atoms with E-state index < -0.39 is 0 Å². The normalized spacial score (nSPS) is 18.5. The second-order valence-electron chi connectivity index (χ2n) is 8.53. The van der Waals surface area contributed by atoms with Crippen molar-refractivity contribution in [3.8, 4) is 0 Å². The number of benzene rings is 2. The number of carbonyl (C=O) groups excluding carboxylic acids is 1. The Morgan fingerprint density at radius 1 is 1.10 bits per heavy atom. The lowest BCUT2D eigenvalue weighted by Crippen LogP contribution is -2.33. The molecule has 0 radical (unpaired) electrons. The third-order valence-electron chi connectivity index (χ3n) is 6.33. The van der Waals surface area contributed by atoms with Crippen LogP contribution in [0.3, 0.4) is 0 Å². The highest BCUT2D eigenvalue weighted by molar-refractivity contribution is 6.31. The van der Waals surface area contributed by atoms with Crippen molar-refractivity contribution in [2.75, 3.05) is 26.2 Å². The van der Waals surface area contributed by atoms with E-state index in [9.17, 15) is 9.90 Å². The second kappa shape index (κ2) is 9.15. The zero-order valence-corrected chi connectivity index (χ0v) is 18.0. The number of hydrogen-bond donors (Lipinski definition) is 1. The van der Waals surface area contributed by atoms with E-state index in [1.165, 1.54) is 5.56 Å². The fourth-order valence-electron chi connectivity index (χ4n) is 4.45. The summed E-state index contributed by atoms with van der Waals surface area (Å²) in [6, 6.07) is 14.5. The van der Waals surface area contributed by atoms with Gasteiger partial charge in [0.25, 0.3) is 0 Å². The topological polar surface area (TPSA) is 49.8 Å². The van der Waals surface area contributed by atoms with Crippen molar-refractivity contribution < 1.29 is 14.6 Å². The number of aliphatic hydroxyl groups excluding tert-OH is 1. The fraction of sp³-hybridized carbons (Fsp3) is 0.423. The minimum Gasteiger partial charge on any atom is -0.487 e. The van der Waals surface area contributed by atoms with Crippen LogP contribution >= 0.6 is 0 Å². The summed E-state index contributed by atoms with van der Waals surface area (Å²) in [5.41, 5.74) is 6.31. The maximum absolute atomic E-state index is 12.7. The van der Waals surface area contributed by atoms with Crippen LogP contribution in [0.1, 0.15) is 48.1 Å². The highest BCUT2D eigenvalue weighted by Gasteiger charge is 2.32. The van der Waals surface area contributed by atoms with Crippen molar-refractivity contribution in [3.63, 3.8) is 0 Å². The third-order valence-corrected chi connectivity index (χ3v) is 6.33. The summed E-state index contributed by atoms with van der Waals surface area (Å²) in [6.07, 6.45) is 2.55. The van der Waals surface area contributed by atoms with E-state index in [0.29, 0.717) is 18.9 Å². The lowest BCUT2D eigenvalue weighted by atomic mass is 9.98. The van der Waals surface area contributed by atoms with E-state index in [1.807, 2.05) is 24.3 Å². The molecule has 4 nitrogen and oxygen atoms in total. The summed E-state index contributed by atoms with van der Waals surface area (Å²) in [4.78, 5) is 15.0. The molecule has 1 aliphatic carbocycles. The van der Waals surface area contributed by atoms with E-state index in [2.05, 4.69) is 36.9 Å². The molecule has 0 spiro atoms. The molecule has 0 bridgehead atoms. The first-order chi connectivity index (χ1) is 14.6. The molecular weight excluding hydrogens is 374 g/mol.